The van der Waals surface area contributed by atoms with Crippen molar-refractivity contribution in [2.24, 2.45) is 0 Å². The first-order chi connectivity index (χ1) is 14.7. The third-order valence-electron chi connectivity index (χ3n) is 4.81. The van der Waals surface area contributed by atoms with Crippen LogP contribution in [0.4, 0.5) is 17.1 Å². The SMILES string of the molecule is O=C(O)c1ccc(/C=C/c2ccc(N(c3ccccc3)c3ccccc3)cc2)cc1. The molecule has 0 bridgehead atoms. The Morgan fingerprint density at radius 3 is 1.40 bits per heavy atom. The maximum Gasteiger partial charge on any atom is 0.335 e. The molecule has 0 fully saturated rings. The van der Waals surface area contributed by atoms with Gasteiger partial charge in [-0.25, -0.2) is 4.79 Å². The van der Waals surface area contributed by atoms with Crippen molar-refractivity contribution in [3.05, 3.63) is 126 Å². The molecule has 0 aliphatic rings. The van der Waals surface area contributed by atoms with E-state index in [1.165, 1.54) is 0 Å². The van der Waals surface area contributed by atoms with Crippen molar-refractivity contribution in [2.45, 2.75) is 0 Å². The van der Waals surface area contributed by atoms with Gasteiger partial charge in [0.2, 0.25) is 0 Å². The predicted octanol–water partition coefficient (Wildman–Crippen LogP) is 7.03. The zero-order valence-corrected chi connectivity index (χ0v) is 16.3. The van der Waals surface area contributed by atoms with Gasteiger partial charge in [0, 0.05) is 17.1 Å². The molecular weight excluding hydrogens is 370 g/mol. The topological polar surface area (TPSA) is 40.5 Å². The summed E-state index contributed by atoms with van der Waals surface area (Å²) >= 11 is 0. The molecule has 0 saturated heterocycles. The van der Waals surface area contributed by atoms with Crippen molar-refractivity contribution >= 4 is 35.2 Å². The summed E-state index contributed by atoms with van der Waals surface area (Å²) in [6.45, 7) is 0. The molecule has 0 aromatic heterocycles. The van der Waals surface area contributed by atoms with Gasteiger partial charge >= 0.3 is 5.97 Å². The molecule has 4 aromatic carbocycles. The number of benzene rings is 4. The van der Waals surface area contributed by atoms with E-state index in [4.69, 9.17) is 5.11 Å². The molecule has 30 heavy (non-hydrogen) atoms. The third kappa shape index (κ3) is 4.47. The first kappa shape index (κ1) is 19.2. The maximum atomic E-state index is 11.0. The number of rotatable bonds is 6. The molecule has 3 heteroatoms. The van der Waals surface area contributed by atoms with Gasteiger partial charge in [-0.3, -0.25) is 0 Å². The van der Waals surface area contributed by atoms with Gasteiger partial charge in [-0.2, -0.15) is 0 Å². The highest BCUT2D eigenvalue weighted by Gasteiger charge is 2.11. The minimum Gasteiger partial charge on any atom is -0.478 e. The van der Waals surface area contributed by atoms with E-state index in [1.807, 2.05) is 48.6 Å². The van der Waals surface area contributed by atoms with Gasteiger partial charge in [0.25, 0.3) is 0 Å². The van der Waals surface area contributed by atoms with Gasteiger partial charge in [0.15, 0.2) is 0 Å². The van der Waals surface area contributed by atoms with Gasteiger partial charge < -0.3 is 10.0 Å². The summed E-state index contributed by atoms with van der Waals surface area (Å²) in [6, 6.07) is 35.8. The smallest absolute Gasteiger partial charge is 0.335 e. The van der Waals surface area contributed by atoms with Crippen LogP contribution in [0.15, 0.2) is 109 Å². The molecule has 0 aliphatic carbocycles. The fraction of sp³-hybridized carbons (Fsp3) is 0. The van der Waals surface area contributed by atoms with Crippen LogP contribution >= 0.6 is 0 Å². The van der Waals surface area contributed by atoms with Gasteiger partial charge in [0.05, 0.1) is 5.56 Å². The summed E-state index contributed by atoms with van der Waals surface area (Å²) in [5.74, 6) is -0.914. The Labute approximate surface area is 176 Å². The van der Waals surface area contributed by atoms with Crippen molar-refractivity contribution in [1.82, 2.24) is 0 Å². The lowest BCUT2D eigenvalue weighted by atomic mass is 10.1. The molecule has 4 aromatic rings. The number of hydrogen-bond acceptors (Lipinski definition) is 2. The average Bonchev–Trinajstić information content (AvgIpc) is 2.80. The predicted molar refractivity (Wildman–Crippen MR) is 123 cm³/mol. The number of hydrogen-bond donors (Lipinski definition) is 1. The third-order valence-corrected chi connectivity index (χ3v) is 4.81. The van der Waals surface area contributed by atoms with Crippen molar-refractivity contribution < 1.29 is 9.90 Å². The second-order valence-corrected chi connectivity index (χ2v) is 6.86. The Kier molecular flexibility index (Phi) is 5.72. The molecule has 0 aliphatic heterocycles. The molecule has 0 atom stereocenters. The summed E-state index contributed by atoms with van der Waals surface area (Å²) in [7, 11) is 0. The molecule has 3 nitrogen and oxygen atoms in total. The fourth-order valence-electron chi connectivity index (χ4n) is 3.27. The number of nitrogens with zero attached hydrogens (tertiary/aromatic N) is 1. The lowest BCUT2D eigenvalue weighted by Crippen LogP contribution is -2.09. The van der Waals surface area contributed by atoms with E-state index in [-0.39, 0.29) is 0 Å². The highest BCUT2D eigenvalue weighted by molar-refractivity contribution is 5.88. The molecule has 0 radical (unpaired) electrons. The highest BCUT2D eigenvalue weighted by atomic mass is 16.4. The zero-order chi connectivity index (χ0) is 20.8. The molecule has 146 valence electrons. The minimum absolute atomic E-state index is 0.290. The van der Waals surface area contributed by atoms with Crippen LogP contribution in [0, 0.1) is 0 Å². The molecule has 0 spiro atoms. The lowest BCUT2D eigenvalue weighted by molar-refractivity contribution is 0.0697. The molecule has 1 N–H and O–H groups in total. The normalized spacial score (nSPS) is 10.8. The lowest BCUT2D eigenvalue weighted by Gasteiger charge is -2.25. The Morgan fingerprint density at radius 2 is 0.967 bits per heavy atom. The number of aromatic carboxylic acids is 1. The van der Waals surface area contributed by atoms with E-state index < -0.39 is 5.97 Å². The Balaban J connectivity index is 1.58. The van der Waals surface area contributed by atoms with Crippen LogP contribution in [-0.2, 0) is 0 Å². The maximum absolute atomic E-state index is 11.0. The Morgan fingerprint density at radius 1 is 0.567 bits per heavy atom. The van der Waals surface area contributed by atoms with E-state index in [1.54, 1.807) is 24.3 Å². The summed E-state index contributed by atoms with van der Waals surface area (Å²) in [5, 5.41) is 9.00. The van der Waals surface area contributed by atoms with Crippen molar-refractivity contribution in [3.8, 4) is 0 Å². The number of para-hydroxylation sites is 2. The summed E-state index contributed by atoms with van der Waals surface area (Å²) in [6.07, 6.45) is 4.00. The zero-order valence-electron chi connectivity index (χ0n) is 16.3. The fourth-order valence-corrected chi connectivity index (χ4v) is 3.27. The first-order valence-corrected chi connectivity index (χ1v) is 9.72. The van der Waals surface area contributed by atoms with Crippen LogP contribution in [0.1, 0.15) is 21.5 Å². The van der Waals surface area contributed by atoms with Crippen LogP contribution in [0.2, 0.25) is 0 Å². The molecule has 0 saturated carbocycles. The molecular formula is C27H21NO2. The Bertz CT molecular complexity index is 1090. The second kappa shape index (κ2) is 8.93. The first-order valence-electron chi connectivity index (χ1n) is 9.72. The van der Waals surface area contributed by atoms with Crippen LogP contribution in [0.25, 0.3) is 12.2 Å². The minimum atomic E-state index is -0.914. The van der Waals surface area contributed by atoms with Gasteiger partial charge in [-0.1, -0.05) is 72.8 Å². The van der Waals surface area contributed by atoms with Crippen molar-refractivity contribution in [2.75, 3.05) is 4.90 Å². The highest BCUT2D eigenvalue weighted by Crippen LogP contribution is 2.34. The van der Waals surface area contributed by atoms with Crippen molar-refractivity contribution in [1.29, 1.82) is 0 Å². The molecule has 0 unspecified atom stereocenters. The van der Waals surface area contributed by atoms with E-state index in [2.05, 4.69) is 53.4 Å². The molecule has 4 rings (SSSR count). The average molecular weight is 391 g/mol. The van der Waals surface area contributed by atoms with Crippen LogP contribution in [0.5, 0.6) is 0 Å². The van der Waals surface area contributed by atoms with Crippen LogP contribution in [-0.4, -0.2) is 11.1 Å². The van der Waals surface area contributed by atoms with Gasteiger partial charge in [-0.05, 0) is 59.7 Å². The summed E-state index contributed by atoms with van der Waals surface area (Å²) in [5.41, 5.74) is 5.60. The second-order valence-electron chi connectivity index (χ2n) is 6.86. The molecule has 0 amide bonds. The number of carbonyl (C=O) groups is 1. The van der Waals surface area contributed by atoms with Crippen LogP contribution < -0.4 is 4.90 Å². The van der Waals surface area contributed by atoms with Crippen LogP contribution in [0.3, 0.4) is 0 Å². The quantitative estimate of drug-likeness (QED) is 0.359. The summed E-state index contributed by atoms with van der Waals surface area (Å²) < 4.78 is 0. The van der Waals surface area contributed by atoms with E-state index in [9.17, 15) is 4.79 Å². The van der Waals surface area contributed by atoms with E-state index in [0.29, 0.717) is 5.56 Å². The standard InChI is InChI=1S/C27H21NO2/c29-27(30)23-17-13-21(14-18-23)11-12-22-15-19-26(20-16-22)28(24-7-3-1-4-8-24)25-9-5-2-6-10-25/h1-20H,(H,29,30)/b12-11+. The number of carboxylic acid groups (broad SMARTS) is 1. The van der Waals surface area contributed by atoms with Crippen molar-refractivity contribution in [3.63, 3.8) is 0 Å². The van der Waals surface area contributed by atoms with E-state index >= 15 is 0 Å². The number of anilines is 3. The monoisotopic (exact) mass is 391 g/mol. The van der Waals surface area contributed by atoms with Gasteiger partial charge in [0.1, 0.15) is 0 Å². The van der Waals surface area contributed by atoms with E-state index in [0.717, 1.165) is 28.2 Å². The number of carboxylic acids is 1. The largest absolute Gasteiger partial charge is 0.478 e. The summed E-state index contributed by atoms with van der Waals surface area (Å²) in [4.78, 5) is 13.2. The van der Waals surface area contributed by atoms with Gasteiger partial charge in [-0.15, -0.1) is 0 Å². The molecule has 0 heterocycles. The Hall–Kier alpha value is -4.11.